The molecule has 3 unspecified atom stereocenters. The van der Waals surface area contributed by atoms with Gasteiger partial charge in [-0.05, 0) is 39.0 Å². The zero-order valence-corrected chi connectivity index (χ0v) is 21.4. The van der Waals surface area contributed by atoms with Crippen LogP contribution in [-0.4, -0.2) is 82.3 Å². The summed E-state index contributed by atoms with van der Waals surface area (Å²) in [6, 6.07) is -1.47. The van der Waals surface area contributed by atoms with Gasteiger partial charge in [0.2, 0.25) is 11.8 Å². The molecule has 0 aromatic heterocycles. The minimum atomic E-state index is -1.08. The maximum atomic E-state index is 14.3. The highest BCUT2D eigenvalue weighted by Crippen LogP contribution is 2.59. The number of likely N-dealkylation sites (tertiary alicyclic amines) is 1. The van der Waals surface area contributed by atoms with Gasteiger partial charge in [-0.25, -0.2) is 0 Å². The molecule has 1 spiro atoms. The molecule has 34 heavy (non-hydrogen) atoms. The van der Waals surface area contributed by atoms with Gasteiger partial charge in [-0.3, -0.25) is 14.4 Å². The highest BCUT2D eigenvalue weighted by atomic mass is 16.6. The van der Waals surface area contributed by atoms with Crippen LogP contribution in [0, 0.1) is 17.8 Å². The van der Waals surface area contributed by atoms with Crippen molar-refractivity contribution in [2.75, 3.05) is 19.8 Å². The van der Waals surface area contributed by atoms with E-state index in [2.05, 4.69) is 13.5 Å². The van der Waals surface area contributed by atoms with Gasteiger partial charge in [-0.1, -0.05) is 39.7 Å². The minimum absolute atomic E-state index is 0.0290. The third kappa shape index (κ3) is 4.17. The van der Waals surface area contributed by atoms with Crippen molar-refractivity contribution in [2.24, 2.45) is 17.8 Å². The van der Waals surface area contributed by atoms with Crippen molar-refractivity contribution in [1.82, 2.24) is 9.80 Å². The van der Waals surface area contributed by atoms with Gasteiger partial charge in [0.05, 0.1) is 37.2 Å². The number of aliphatic hydroxyl groups excluding tert-OH is 1. The van der Waals surface area contributed by atoms with E-state index in [1.807, 2.05) is 20.8 Å². The fourth-order valence-corrected chi connectivity index (χ4v) is 6.41. The quantitative estimate of drug-likeness (QED) is 0.342. The molecule has 1 N–H and O–H groups in total. The van der Waals surface area contributed by atoms with Crippen molar-refractivity contribution < 1.29 is 29.0 Å². The predicted octanol–water partition coefficient (Wildman–Crippen LogP) is 2.53. The number of rotatable bonds is 12. The van der Waals surface area contributed by atoms with E-state index < -0.39 is 41.6 Å². The van der Waals surface area contributed by atoms with E-state index in [4.69, 9.17) is 9.47 Å². The summed E-state index contributed by atoms with van der Waals surface area (Å²) in [6.45, 7) is 14.0. The van der Waals surface area contributed by atoms with E-state index in [1.165, 1.54) is 0 Å². The van der Waals surface area contributed by atoms with Crippen molar-refractivity contribution in [3.05, 3.63) is 12.7 Å². The molecule has 0 aliphatic carbocycles. The lowest BCUT2D eigenvalue weighted by atomic mass is 9.70. The normalized spacial score (nSPS) is 32.3. The summed E-state index contributed by atoms with van der Waals surface area (Å²) in [5, 5.41) is 10.4. The second-order valence-electron chi connectivity index (χ2n) is 10.1. The van der Waals surface area contributed by atoms with Crippen molar-refractivity contribution >= 4 is 17.8 Å². The first-order valence-electron chi connectivity index (χ1n) is 12.9. The van der Waals surface area contributed by atoms with E-state index >= 15 is 0 Å². The number of esters is 1. The Morgan fingerprint density at radius 3 is 2.62 bits per heavy atom. The molecule has 0 saturated carbocycles. The third-order valence-electron chi connectivity index (χ3n) is 8.22. The largest absolute Gasteiger partial charge is 0.466 e. The van der Waals surface area contributed by atoms with Gasteiger partial charge < -0.3 is 24.4 Å². The number of hydrogen-bond acceptors (Lipinski definition) is 6. The molecule has 192 valence electrons. The van der Waals surface area contributed by atoms with Gasteiger partial charge in [-0.2, -0.15) is 0 Å². The lowest BCUT2D eigenvalue weighted by Gasteiger charge is -2.42. The molecule has 3 fully saturated rings. The number of carbonyl (C=O) groups is 3. The number of fused-ring (bicyclic) bond motifs is 1. The average molecular weight is 479 g/mol. The number of ether oxygens (including phenoxy) is 2. The molecule has 2 amide bonds. The monoisotopic (exact) mass is 478 g/mol. The summed E-state index contributed by atoms with van der Waals surface area (Å²) in [4.78, 5) is 44.6. The van der Waals surface area contributed by atoms with E-state index in [-0.39, 0.29) is 37.0 Å². The smallest absolute Gasteiger partial charge is 0.312 e. The molecule has 3 rings (SSSR count). The lowest BCUT2D eigenvalue weighted by molar-refractivity contribution is -0.157. The van der Waals surface area contributed by atoms with Crippen molar-refractivity contribution in [2.45, 2.75) is 96.6 Å². The number of amides is 2. The third-order valence-corrected chi connectivity index (χ3v) is 8.22. The van der Waals surface area contributed by atoms with Gasteiger partial charge in [0, 0.05) is 12.6 Å². The van der Waals surface area contributed by atoms with E-state index in [1.54, 1.807) is 22.8 Å². The number of hydrogen-bond donors (Lipinski definition) is 1. The van der Waals surface area contributed by atoms with Crippen LogP contribution in [0.4, 0.5) is 0 Å². The van der Waals surface area contributed by atoms with Crippen LogP contribution in [0.2, 0.25) is 0 Å². The number of nitrogens with zero attached hydrogens (tertiary/aromatic N) is 2. The maximum Gasteiger partial charge on any atom is 0.312 e. The number of carbonyl (C=O) groups excluding carboxylic acids is 3. The Balaban J connectivity index is 2.11. The SMILES string of the molecule is C=CCN(C(=O)C1N([C@@H](CO)[C@@H](C)CC)C(=O)[C@@H]2[C@@H](C(=O)OCC)[C@H]3CCC12O3)C(C)CCC. The Kier molecular flexibility index (Phi) is 8.45. The Labute approximate surface area is 203 Å². The molecule has 8 heteroatoms. The van der Waals surface area contributed by atoms with Crippen LogP contribution in [0.25, 0.3) is 0 Å². The Morgan fingerprint density at radius 2 is 2.06 bits per heavy atom. The molecule has 0 radical (unpaired) electrons. The van der Waals surface area contributed by atoms with E-state index in [0.29, 0.717) is 19.4 Å². The molecule has 2 bridgehead atoms. The second kappa shape index (κ2) is 10.8. The first-order valence-corrected chi connectivity index (χ1v) is 12.9. The van der Waals surface area contributed by atoms with Crippen LogP contribution in [-0.2, 0) is 23.9 Å². The molecule has 8 atom stereocenters. The predicted molar refractivity (Wildman–Crippen MR) is 128 cm³/mol. The molecular formula is C26H42N2O6. The maximum absolute atomic E-state index is 14.3. The minimum Gasteiger partial charge on any atom is -0.466 e. The van der Waals surface area contributed by atoms with Crippen molar-refractivity contribution in [1.29, 1.82) is 0 Å². The standard InChI is InChI=1S/C26H42N2O6/c1-7-11-17(6)27(14-8-2)24(31)22-26-13-12-19(34-26)20(25(32)33-10-4)21(26)23(30)28(22)18(15-29)16(5)9-3/h8,16-22,29H,2,7,9-15H2,1,3-6H3/t16-,17?,18-,19+,20-,21-,22?,26?/m0/s1. The summed E-state index contributed by atoms with van der Waals surface area (Å²) in [6.07, 6.45) is 4.87. The average Bonchev–Trinajstić information content (AvgIpc) is 3.45. The fourth-order valence-electron chi connectivity index (χ4n) is 6.41. The highest BCUT2D eigenvalue weighted by Gasteiger charge is 2.75. The first kappa shape index (κ1) is 26.7. The van der Waals surface area contributed by atoms with Gasteiger partial charge in [0.25, 0.3) is 0 Å². The van der Waals surface area contributed by atoms with Crippen LogP contribution in [0.1, 0.15) is 66.7 Å². The van der Waals surface area contributed by atoms with Crippen LogP contribution in [0.15, 0.2) is 12.7 Å². The lowest BCUT2D eigenvalue weighted by Crippen LogP contribution is -2.60. The molecule has 3 aliphatic heterocycles. The molecule has 3 aliphatic rings. The molecule has 0 aromatic rings. The first-order chi connectivity index (χ1) is 16.2. The van der Waals surface area contributed by atoms with Crippen molar-refractivity contribution in [3.8, 4) is 0 Å². The summed E-state index contributed by atoms with van der Waals surface area (Å²) in [7, 11) is 0. The van der Waals surface area contributed by atoms with Gasteiger partial charge in [0.15, 0.2) is 0 Å². The van der Waals surface area contributed by atoms with Crippen LogP contribution in [0.3, 0.4) is 0 Å². The Morgan fingerprint density at radius 1 is 1.35 bits per heavy atom. The second-order valence-corrected chi connectivity index (χ2v) is 10.1. The highest BCUT2D eigenvalue weighted by molar-refractivity contribution is 5.98. The Bertz CT molecular complexity index is 787. The zero-order valence-electron chi connectivity index (χ0n) is 21.4. The van der Waals surface area contributed by atoms with Gasteiger partial charge in [0.1, 0.15) is 11.6 Å². The molecule has 8 nitrogen and oxygen atoms in total. The topological polar surface area (TPSA) is 96.4 Å². The van der Waals surface area contributed by atoms with E-state index in [9.17, 15) is 19.5 Å². The Hall–Kier alpha value is -1.93. The fraction of sp³-hybridized carbons (Fsp3) is 0.808. The molecule has 3 heterocycles. The molecular weight excluding hydrogens is 436 g/mol. The van der Waals surface area contributed by atoms with Crippen molar-refractivity contribution in [3.63, 3.8) is 0 Å². The zero-order chi connectivity index (χ0) is 25.2. The van der Waals surface area contributed by atoms with E-state index in [0.717, 1.165) is 19.3 Å². The van der Waals surface area contributed by atoms with Crippen LogP contribution in [0.5, 0.6) is 0 Å². The summed E-state index contributed by atoms with van der Waals surface area (Å²) < 4.78 is 11.8. The van der Waals surface area contributed by atoms with Crippen LogP contribution < -0.4 is 0 Å². The van der Waals surface area contributed by atoms with Gasteiger partial charge in [-0.15, -0.1) is 6.58 Å². The molecule has 3 saturated heterocycles. The van der Waals surface area contributed by atoms with Crippen LogP contribution >= 0.6 is 0 Å². The summed E-state index contributed by atoms with van der Waals surface area (Å²) in [5.41, 5.74) is -1.08. The number of aliphatic hydroxyl groups is 1. The molecule has 0 aromatic carbocycles. The summed E-state index contributed by atoms with van der Waals surface area (Å²) in [5.74, 6) is -2.43. The summed E-state index contributed by atoms with van der Waals surface area (Å²) >= 11 is 0. The van der Waals surface area contributed by atoms with Gasteiger partial charge >= 0.3 is 5.97 Å².